The molecule has 0 saturated carbocycles. The van der Waals surface area contributed by atoms with E-state index >= 15 is 0 Å². The van der Waals surface area contributed by atoms with Crippen LogP contribution in [0.5, 0.6) is 0 Å². The van der Waals surface area contributed by atoms with Gasteiger partial charge in [-0.2, -0.15) is 0 Å². The Bertz CT molecular complexity index is 772. The molecule has 192 valence electrons. The Morgan fingerprint density at radius 1 is 1.18 bits per heavy atom. The summed E-state index contributed by atoms with van der Waals surface area (Å²) in [5, 5.41) is 19.2. The molecule has 3 heterocycles. The summed E-state index contributed by atoms with van der Waals surface area (Å²) >= 11 is 0. The third-order valence-corrected chi connectivity index (χ3v) is 8.18. The van der Waals surface area contributed by atoms with Crippen molar-refractivity contribution in [1.29, 1.82) is 0 Å². The van der Waals surface area contributed by atoms with Gasteiger partial charge >= 0.3 is 5.97 Å². The molecule has 5 atom stereocenters. The van der Waals surface area contributed by atoms with Gasteiger partial charge in [-0.1, -0.05) is 45.6 Å². The van der Waals surface area contributed by atoms with E-state index in [-0.39, 0.29) is 18.4 Å². The van der Waals surface area contributed by atoms with Crippen molar-refractivity contribution in [2.45, 2.75) is 95.3 Å². The summed E-state index contributed by atoms with van der Waals surface area (Å²) in [6, 6.07) is -0.804. The molecule has 2 N–H and O–H groups in total. The lowest BCUT2D eigenvalue weighted by Gasteiger charge is -2.37. The van der Waals surface area contributed by atoms with Crippen molar-refractivity contribution in [1.82, 2.24) is 9.80 Å². The normalized spacial score (nSPS) is 31.7. The number of hydrogen-bond acceptors (Lipinski definition) is 5. The molecule has 0 aliphatic carbocycles. The maximum Gasteiger partial charge on any atom is 0.310 e. The van der Waals surface area contributed by atoms with Gasteiger partial charge in [0.2, 0.25) is 11.8 Å². The summed E-state index contributed by atoms with van der Waals surface area (Å²) in [6.07, 6.45) is 9.27. The summed E-state index contributed by atoms with van der Waals surface area (Å²) in [5.74, 6) is -3.17. The third-order valence-electron chi connectivity index (χ3n) is 8.18. The van der Waals surface area contributed by atoms with Gasteiger partial charge in [-0.15, -0.1) is 6.58 Å². The van der Waals surface area contributed by atoms with Gasteiger partial charge in [0.15, 0.2) is 0 Å². The van der Waals surface area contributed by atoms with Crippen LogP contribution in [0.15, 0.2) is 12.7 Å². The third kappa shape index (κ3) is 4.51. The first-order valence-electron chi connectivity index (χ1n) is 13.1. The molecule has 8 nitrogen and oxygen atoms in total. The molecule has 2 unspecified atom stereocenters. The molecule has 34 heavy (non-hydrogen) atoms. The molecule has 2 bridgehead atoms. The number of likely N-dealkylation sites (tertiary alicyclic amines) is 1. The fourth-order valence-electron chi connectivity index (χ4n) is 6.53. The van der Waals surface area contributed by atoms with Crippen molar-refractivity contribution < 1.29 is 29.3 Å². The summed E-state index contributed by atoms with van der Waals surface area (Å²) in [6.45, 7) is 9.33. The van der Waals surface area contributed by atoms with Crippen LogP contribution >= 0.6 is 0 Å². The molecule has 3 aliphatic rings. The average Bonchev–Trinajstić information content (AvgIpc) is 3.42. The van der Waals surface area contributed by atoms with E-state index in [2.05, 4.69) is 13.5 Å². The second kappa shape index (κ2) is 11.2. The topological polar surface area (TPSA) is 107 Å². The fraction of sp³-hybridized carbons (Fsp3) is 0.808. The molecule has 2 amide bonds. The van der Waals surface area contributed by atoms with E-state index in [9.17, 15) is 19.5 Å². The number of carbonyl (C=O) groups is 3. The predicted octanol–water partition coefficient (Wildman–Crippen LogP) is 2.98. The van der Waals surface area contributed by atoms with E-state index in [0.29, 0.717) is 51.7 Å². The van der Waals surface area contributed by atoms with Crippen molar-refractivity contribution in [3.63, 3.8) is 0 Å². The molecule has 0 aromatic heterocycles. The van der Waals surface area contributed by atoms with E-state index in [1.807, 2.05) is 6.92 Å². The van der Waals surface area contributed by atoms with Crippen LogP contribution in [0.4, 0.5) is 0 Å². The number of carbonyl (C=O) groups excluding carboxylic acids is 2. The van der Waals surface area contributed by atoms with Crippen molar-refractivity contribution in [2.75, 3.05) is 26.2 Å². The predicted molar refractivity (Wildman–Crippen MR) is 128 cm³/mol. The average molecular weight is 479 g/mol. The van der Waals surface area contributed by atoms with Gasteiger partial charge in [0, 0.05) is 26.2 Å². The van der Waals surface area contributed by atoms with Gasteiger partial charge in [-0.3, -0.25) is 14.4 Å². The lowest BCUT2D eigenvalue weighted by molar-refractivity contribution is -0.157. The van der Waals surface area contributed by atoms with E-state index in [4.69, 9.17) is 9.84 Å². The van der Waals surface area contributed by atoms with Crippen LogP contribution in [0, 0.1) is 11.8 Å². The van der Waals surface area contributed by atoms with E-state index in [1.165, 1.54) is 0 Å². The molecule has 0 radical (unpaired) electrons. The Morgan fingerprint density at radius 3 is 2.53 bits per heavy atom. The molecular weight excluding hydrogens is 436 g/mol. The molecule has 3 aliphatic heterocycles. The molecule has 3 saturated heterocycles. The largest absolute Gasteiger partial charge is 0.481 e. The second-order valence-electron chi connectivity index (χ2n) is 10.1. The number of aliphatic carboxylic acids is 1. The van der Waals surface area contributed by atoms with Gasteiger partial charge in [-0.25, -0.2) is 0 Å². The van der Waals surface area contributed by atoms with Gasteiger partial charge in [0.05, 0.1) is 11.5 Å². The van der Waals surface area contributed by atoms with Crippen LogP contribution in [-0.2, 0) is 19.1 Å². The lowest BCUT2D eigenvalue weighted by Crippen LogP contribution is -2.56. The van der Waals surface area contributed by atoms with Crippen LogP contribution < -0.4 is 0 Å². The number of aliphatic hydroxyl groups excluding tert-OH is 1. The number of ether oxygens (including phenoxy) is 1. The van der Waals surface area contributed by atoms with Gasteiger partial charge < -0.3 is 24.7 Å². The highest BCUT2D eigenvalue weighted by Gasteiger charge is 2.78. The lowest BCUT2D eigenvalue weighted by atomic mass is 9.65. The zero-order valence-electron chi connectivity index (χ0n) is 20.8. The Balaban J connectivity index is 1.94. The number of unbranched alkanes of at least 4 members (excludes halogenated alkanes) is 5. The summed E-state index contributed by atoms with van der Waals surface area (Å²) in [5.41, 5.74) is -1.97. The quantitative estimate of drug-likeness (QED) is 0.277. The molecular formula is C26H42N2O6. The standard InChI is InChI=1S/C26H42N2O6/c1-4-7-10-16-27(15-5-2)23(31)21-26-14-13-25(6-3,34-26)20(24(32)33)19(26)22(30)28(21)17-11-8-9-12-18-29/h5,19-21,29H,2,4,6-18H2,1,3H3,(H,32,33)/t19-,20+,21?,25-,26?/m0/s1. The van der Waals surface area contributed by atoms with Gasteiger partial charge in [0.25, 0.3) is 0 Å². The first-order valence-corrected chi connectivity index (χ1v) is 13.1. The highest BCUT2D eigenvalue weighted by Crippen LogP contribution is 2.64. The van der Waals surface area contributed by atoms with Crippen molar-refractivity contribution in [3.05, 3.63) is 12.7 Å². The summed E-state index contributed by atoms with van der Waals surface area (Å²) < 4.78 is 6.58. The monoisotopic (exact) mass is 478 g/mol. The first-order chi connectivity index (χ1) is 16.3. The molecule has 0 aromatic rings. The van der Waals surface area contributed by atoms with E-state index < -0.39 is 35.0 Å². The maximum atomic E-state index is 14.0. The highest BCUT2D eigenvalue weighted by atomic mass is 16.5. The number of amides is 2. The number of hydrogen-bond donors (Lipinski definition) is 2. The number of rotatable bonds is 15. The number of nitrogens with zero attached hydrogens (tertiary/aromatic N) is 2. The van der Waals surface area contributed by atoms with Crippen molar-refractivity contribution >= 4 is 17.8 Å². The van der Waals surface area contributed by atoms with Gasteiger partial charge in [0.1, 0.15) is 17.6 Å². The number of carboxylic acid groups (broad SMARTS) is 1. The SMILES string of the molecule is C=CCN(CCCCC)C(=O)C1N(CCCCCCO)C(=O)[C@@H]2[C@H](C(=O)O)[C@]3(CC)CCC12O3. The zero-order chi connectivity index (χ0) is 24.9. The fourth-order valence-corrected chi connectivity index (χ4v) is 6.53. The Morgan fingerprint density at radius 2 is 1.91 bits per heavy atom. The highest BCUT2D eigenvalue weighted by molar-refractivity contribution is 5.98. The maximum absolute atomic E-state index is 14.0. The van der Waals surface area contributed by atoms with E-state index in [0.717, 1.165) is 32.1 Å². The minimum absolute atomic E-state index is 0.135. The molecule has 1 spiro atoms. The Hall–Kier alpha value is -1.93. The van der Waals surface area contributed by atoms with Crippen LogP contribution in [0.3, 0.4) is 0 Å². The number of carboxylic acids is 1. The minimum atomic E-state index is -1.08. The van der Waals surface area contributed by atoms with Crippen LogP contribution in [0.2, 0.25) is 0 Å². The summed E-state index contributed by atoms with van der Waals surface area (Å²) in [7, 11) is 0. The van der Waals surface area contributed by atoms with Crippen molar-refractivity contribution in [3.8, 4) is 0 Å². The Labute approximate surface area is 203 Å². The summed E-state index contributed by atoms with van der Waals surface area (Å²) in [4.78, 5) is 43.6. The van der Waals surface area contributed by atoms with E-state index in [1.54, 1.807) is 15.9 Å². The number of aliphatic hydroxyl groups is 1. The molecule has 3 fully saturated rings. The minimum Gasteiger partial charge on any atom is -0.481 e. The van der Waals surface area contributed by atoms with Gasteiger partial charge in [-0.05, 0) is 38.5 Å². The van der Waals surface area contributed by atoms with Crippen LogP contribution in [0.25, 0.3) is 0 Å². The van der Waals surface area contributed by atoms with Crippen LogP contribution in [-0.4, -0.2) is 81.3 Å². The molecule has 8 heteroatoms. The van der Waals surface area contributed by atoms with Crippen LogP contribution in [0.1, 0.15) is 78.1 Å². The second-order valence-corrected chi connectivity index (χ2v) is 10.1. The number of fused-ring (bicyclic) bond motifs is 1. The molecule has 0 aromatic carbocycles. The van der Waals surface area contributed by atoms with Crippen molar-refractivity contribution in [2.24, 2.45) is 11.8 Å². The Kier molecular flexibility index (Phi) is 8.79. The first kappa shape index (κ1) is 26.7. The molecule has 3 rings (SSSR count). The zero-order valence-corrected chi connectivity index (χ0v) is 20.8. The smallest absolute Gasteiger partial charge is 0.310 e.